The Hall–Kier alpha value is -2.67. The van der Waals surface area contributed by atoms with Gasteiger partial charge in [0.15, 0.2) is 0 Å². The van der Waals surface area contributed by atoms with Crippen molar-refractivity contribution in [3.05, 3.63) is 63.6 Å². The highest BCUT2D eigenvalue weighted by molar-refractivity contribution is 9.10. The number of amides is 1. The highest BCUT2D eigenvalue weighted by atomic mass is 79.9. The summed E-state index contributed by atoms with van der Waals surface area (Å²) >= 11 is 3.48. The van der Waals surface area contributed by atoms with E-state index in [9.17, 15) is 9.59 Å². The van der Waals surface area contributed by atoms with Gasteiger partial charge in [-0.15, -0.1) is 0 Å². The van der Waals surface area contributed by atoms with E-state index in [-0.39, 0.29) is 17.9 Å². The van der Waals surface area contributed by atoms with Crippen molar-refractivity contribution in [2.75, 3.05) is 6.61 Å². The van der Waals surface area contributed by atoms with Gasteiger partial charge in [0.1, 0.15) is 5.75 Å². The number of carbonyl (C=O) groups excluding carboxylic acids is 1. The van der Waals surface area contributed by atoms with Gasteiger partial charge in [0, 0.05) is 12.0 Å². The van der Waals surface area contributed by atoms with Gasteiger partial charge in [-0.05, 0) is 52.5 Å². The van der Waals surface area contributed by atoms with Crippen molar-refractivity contribution in [1.82, 2.24) is 5.43 Å². The predicted octanol–water partition coefficient (Wildman–Crippen LogP) is 4.02. The highest BCUT2D eigenvalue weighted by Crippen LogP contribution is 2.26. The van der Waals surface area contributed by atoms with E-state index in [0.29, 0.717) is 18.6 Å². The number of aromatic carboxylic acids is 1. The van der Waals surface area contributed by atoms with Gasteiger partial charge in [0.05, 0.1) is 22.9 Å². The molecule has 0 bridgehead atoms. The third kappa shape index (κ3) is 6.53. The van der Waals surface area contributed by atoms with Gasteiger partial charge in [0.2, 0.25) is 5.91 Å². The van der Waals surface area contributed by atoms with Crippen LogP contribution in [-0.4, -0.2) is 29.8 Å². The fourth-order valence-electron chi connectivity index (χ4n) is 2.33. The Balaban J connectivity index is 1.75. The Labute approximate surface area is 166 Å². The van der Waals surface area contributed by atoms with Crippen molar-refractivity contribution < 1.29 is 19.4 Å². The number of carboxylic acids is 1. The molecule has 2 rings (SSSR count). The SMILES string of the molecule is CCc1ccc(OCCCC(=O)N/N=C/c2ccccc2C(=O)O)c(Br)c1. The van der Waals surface area contributed by atoms with Crippen molar-refractivity contribution in [2.45, 2.75) is 26.2 Å². The molecule has 2 N–H and O–H groups in total. The van der Waals surface area contributed by atoms with Crippen LogP contribution in [0, 0.1) is 0 Å². The third-order valence-corrected chi connectivity index (χ3v) is 4.41. The van der Waals surface area contributed by atoms with Crippen LogP contribution in [0.1, 0.15) is 41.3 Å². The van der Waals surface area contributed by atoms with Crippen molar-refractivity contribution >= 4 is 34.0 Å². The summed E-state index contributed by atoms with van der Waals surface area (Å²) in [5.41, 5.74) is 4.17. The second kappa shape index (κ2) is 10.5. The summed E-state index contributed by atoms with van der Waals surface area (Å²) in [7, 11) is 0. The molecule has 6 nitrogen and oxygen atoms in total. The Morgan fingerprint density at radius 1 is 1.26 bits per heavy atom. The summed E-state index contributed by atoms with van der Waals surface area (Å²) in [4.78, 5) is 22.9. The standard InChI is InChI=1S/C20H21BrN2O4/c1-2-14-9-10-18(17(21)12-14)27-11-5-8-19(24)23-22-13-15-6-3-4-7-16(15)20(25)26/h3-4,6-7,9-10,12-13H,2,5,8,11H2,1H3,(H,23,24)(H,25,26)/b22-13+. The number of ether oxygens (including phenoxy) is 1. The van der Waals surface area contributed by atoms with Gasteiger partial charge in [-0.25, -0.2) is 10.2 Å². The van der Waals surface area contributed by atoms with Crippen LogP contribution >= 0.6 is 15.9 Å². The molecule has 0 aromatic heterocycles. The maximum Gasteiger partial charge on any atom is 0.336 e. The largest absolute Gasteiger partial charge is 0.492 e. The zero-order chi connectivity index (χ0) is 19.6. The van der Waals surface area contributed by atoms with Crippen LogP contribution in [0.2, 0.25) is 0 Å². The van der Waals surface area contributed by atoms with Gasteiger partial charge >= 0.3 is 5.97 Å². The summed E-state index contributed by atoms with van der Waals surface area (Å²) in [6, 6.07) is 12.4. The van der Waals surface area contributed by atoms with Crippen LogP contribution in [0.5, 0.6) is 5.75 Å². The van der Waals surface area contributed by atoms with E-state index in [1.54, 1.807) is 18.2 Å². The molecule has 142 valence electrons. The van der Waals surface area contributed by atoms with Gasteiger partial charge in [-0.2, -0.15) is 5.10 Å². The van der Waals surface area contributed by atoms with Gasteiger partial charge < -0.3 is 9.84 Å². The number of carbonyl (C=O) groups is 2. The number of rotatable bonds is 9. The van der Waals surface area contributed by atoms with Crippen molar-refractivity contribution in [2.24, 2.45) is 5.10 Å². The summed E-state index contributed by atoms with van der Waals surface area (Å²) in [5.74, 6) is -0.558. The molecule has 1 amide bonds. The maximum atomic E-state index is 11.8. The molecule has 0 spiro atoms. The highest BCUT2D eigenvalue weighted by Gasteiger charge is 2.07. The van der Waals surface area contributed by atoms with E-state index in [1.807, 2.05) is 18.2 Å². The lowest BCUT2D eigenvalue weighted by atomic mass is 10.1. The van der Waals surface area contributed by atoms with Crippen LogP contribution in [0.25, 0.3) is 0 Å². The third-order valence-electron chi connectivity index (χ3n) is 3.79. The Morgan fingerprint density at radius 2 is 2.04 bits per heavy atom. The van der Waals surface area contributed by atoms with E-state index in [1.165, 1.54) is 17.8 Å². The van der Waals surface area contributed by atoms with E-state index in [0.717, 1.165) is 16.6 Å². The number of nitrogens with zero attached hydrogens (tertiary/aromatic N) is 1. The molecule has 2 aromatic carbocycles. The molecule has 7 heteroatoms. The topological polar surface area (TPSA) is 88.0 Å². The van der Waals surface area contributed by atoms with E-state index in [4.69, 9.17) is 9.84 Å². The quantitative estimate of drug-likeness (QED) is 0.355. The average Bonchev–Trinajstić information content (AvgIpc) is 2.66. The summed E-state index contributed by atoms with van der Waals surface area (Å²) < 4.78 is 6.57. The molecule has 27 heavy (non-hydrogen) atoms. The predicted molar refractivity (Wildman–Crippen MR) is 107 cm³/mol. The lowest BCUT2D eigenvalue weighted by Gasteiger charge is -2.09. The lowest BCUT2D eigenvalue weighted by molar-refractivity contribution is -0.121. The number of nitrogens with one attached hydrogen (secondary N) is 1. The molecule has 0 aliphatic carbocycles. The maximum absolute atomic E-state index is 11.8. The first-order valence-corrected chi connectivity index (χ1v) is 9.36. The lowest BCUT2D eigenvalue weighted by Crippen LogP contribution is -2.18. The number of carboxylic acid groups (broad SMARTS) is 1. The molecule has 0 aliphatic heterocycles. The van der Waals surface area contributed by atoms with E-state index >= 15 is 0 Å². The average molecular weight is 433 g/mol. The number of hydrogen-bond donors (Lipinski definition) is 2. The molecule has 0 atom stereocenters. The van der Waals surface area contributed by atoms with Crippen molar-refractivity contribution in [3.63, 3.8) is 0 Å². The fourth-order valence-corrected chi connectivity index (χ4v) is 2.87. The van der Waals surface area contributed by atoms with E-state index in [2.05, 4.69) is 33.4 Å². The first-order chi connectivity index (χ1) is 13.0. The molecule has 2 aromatic rings. The molecule has 0 unspecified atom stereocenters. The van der Waals surface area contributed by atoms with Crippen molar-refractivity contribution in [1.29, 1.82) is 0 Å². The Morgan fingerprint density at radius 3 is 2.74 bits per heavy atom. The second-order valence-corrected chi connectivity index (χ2v) is 6.61. The second-order valence-electron chi connectivity index (χ2n) is 5.76. The first-order valence-electron chi connectivity index (χ1n) is 8.56. The molecule has 0 fully saturated rings. The number of aryl methyl sites for hydroxylation is 1. The Bertz CT molecular complexity index is 836. The number of hydrogen-bond acceptors (Lipinski definition) is 4. The summed E-state index contributed by atoms with van der Waals surface area (Å²) in [6.07, 6.45) is 3.07. The molecule has 0 heterocycles. The molecular formula is C20H21BrN2O4. The fraction of sp³-hybridized carbons (Fsp3) is 0.250. The van der Waals surface area contributed by atoms with Crippen LogP contribution in [-0.2, 0) is 11.2 Å². The molecule has 0 saturated carbocycles. The van der Waals surface area contributed by atoms with Crippen molar-refractivity contribution in [3.8, 4) is 5.75 Å². The van der Waals surface area contributed by atoms with Crippen LogP contribution in [0.15, 0.2) is 52.0 Å². The number of halogens is 1. The summed E-state index contributed by atoms with van der Waals surface area (Å²) in [6.45, 7) is 2.49. The zero-order valence-corrected chi connectivity index (χ0v) is 16.5. The molecule has 0 aliphatic rings. The number of benzene rings is 2. The molecular weight excluding hydrogens is 412 g/mol. The first kappa shape index (κ1) is 20.6. The minimum atomic E-state index is -1.04. The zero-order valence-electron chi connectivity index (χ0n) is 14.9. The number of hydrazone groups is 1. The van der Waals surface area contributed by atoms with E-state index < -0.39 is 5.97 Å². The normalized spacial score (nSPS) is 10.7. The smallest absolute Gasteiger partial charge is 0.336 e. The van der Waals surface area contributed by atoms with Gasteiger partial charge in [-0.3, -0.25) is 4.79 Å². The monoisotopic (exact) mass is 432 g/mol. The van der Waals surface area contributed by atoms with Gasteiger partial charge in [-0.1, -0.05) is 31.2 Å². The summed E-state index contributed by atoms with van der Waals surface area (Å²) in [5, 5.41) is 12.9. The molecule has 0 saturated heterocycles. The Kier molecular flexibility index (Phi) is 8.00. The van der Waals surface area contributed by atoms with Crippen LogP contribution in [0.4, 0.5) is 0 Å². The van der Waals surface area contributed by atoms with Crippen LogP contribution < -0.4 is 10.2 Å². The minimum absolute atomic E-state index is 0.128. The molecule has 0 radical (unpaired) electrons. The minimum Gasteiger partial charge on any atom is -0.492 e. The van der Waals surface area contributed by atoms with Gasteiger partial charge in [0.25, 0.3) is 0 Å². The van der Waals surface area contributed by atoms with Crippen LogP contribution in [0.3, 0.4) is 0 Å².